The Morgan fingerprint density at radius 3 is 2.21 bits per heavy atom. The van der Waals surface area contributed by atoms with Crippen LogP contribution in [0.5, 0.6) is 0 Å². The maximum atomic E-state index is 13.0. The van der Waals surface area contributed by atoms with Crippen LogP contribution in [-0.4, -0.2) is 78.1 Å². The fourth-order valence-corrected chi connectivity index (χ4v) is 4.33. The molecule has 0 aliphatic carbocycles. The molecule has 1 aliphatic heterocycles. The lowest BCUT2D eigenvalue weighted by molar-refractivity contribution is -0.133. The van der Waals surface area contributed by atoms with Crippen molar-refractivity contribution in [2.45, 2.75) is 97.7 Å². The van der Waals surface area contributed by atoms with Gasteiger partial charge in [0.1, 0.15) is 17.9 Å². The van der Waals surface area contributed by atoms with Crippen molar-refractivity contribution in [1.82, 2.24) is 26.2 Å². The molecule has 38 heavy (non-hydrogen) atoms. The summed E-state index contributed by atoms with van der Waals surface area (Å²) < 4.78 is 0. The van der Waals surface area contributed by atoms with E-state index in [2.05, 4.69) is 35.1 Å². The molecule has 0 aromatic heterocycles. The van der Waals surface area contributed by atoms with Crippen LogP contribution in [0.3, 0.4) is 0 Å². The van der Waals surface area contributed by atoms with Gasteiger partial charge in [-0.3, -0.25) is 24.0 Å². The molecule has 1 saturated heterocycles. The average Bonchev–Trinajstić information content (AvgIpc) is 3.07. The van der Waals surface area contributed by atoms with Gasteiger partial charge in [0, 0.05) is 32.0 Å². The number of Topliss-reactive ketones (excluding diaryl/α,β-unsaturated/α-hetero) is 1. The zero-order chi connectivity index (χ0) is 28.8. The lowest BCUT2D eigenvalue weighted by atomic mass is 10.0. The van der Waals surface area contributed by atoms with E-state index in [1.165, 1.54) is 6.92 Å². The lowest BCUT2D eigenvalue weighted by Crippen LogP contribution is -2.55. The number of carbonyl (C=O) groups excluding carboxylic acids is 6. The number of likely N-dealkylation sites (tertiary alicyclic amines) is 1. The molecule has 0 spiro atoms. The Labute approximate surface area is 225 Å². The smallest absolute Gasteiger partial charge is 0.312 e. The summed E-state index contributed by atoms with van der Waals surface area (Å²) in [5.74, 6) is -1.22. The fourth-order valence-electron chi connectivity index (χ4n) is 4.33. The second-order valence-electron chi connectivity index (χ2n) is 10.5. The molecule has 3 unspecified atom stereocenters. The quantitative estimate of drug-likeness (QED) is 0.169. The largest absolute Gasteiger partial charge is 0.352 e. The summed E-state index contributed by atoms with van der Waals surface area (Å²) in [6.45, 7) is 9.80. The van der Waals surface area contributed by atoms with Crippen molar-refractivity contribution in [1.29, 1.82) is 0 Å². The molecule has 0 bridgehead atoms. The Kier molecular flexibility index (Phi) is 14.4. The highest BCUT2D eigenvalue weighted by molar-refractivity contribution is 5.93. The number of unbranched alkanes of at least 4 members (excludes halogenated alkanes) is 2. The Morgan fingerprint density at radius 1 is 0.974 bits per heavy atom. The lowest BCUT2D eigenvalue weighted by Gasteiger charge is -2.25. The Bertz CT molecular complexity index is 848. The summed E-state index contributed by atoms with van der Waals surface area (Å²) in [6, 6.07) is -2.25. The predicted octanol–water partition coefficient (Wildman–Crippen LogP) is 0.583. The maximum absolute atomic E-state index is 13.0. The summed E-state index contributed by atoms with van der Waals surface area (Å²) in [7, 11) is 0. The highest BCUT2D eigenvalue weighted by atomic mass is 16.2. The van der Waals surface area contributed by atoms with E-state index < -0.39 is 29.9 Å². The van der Waals surface area contributed by atoms with E-state index in [1.807, 2.05) is 4.90 Å². The summed E-state index contributed by atoms with van der Waals surface area (Å²) in [5, 5.41) is 10.4. The number of primary amides is 1. The molecule has 0 saturated carbocycles. The molecule has 1 aliphatic rings. The first-order chi connectivity index (χ1) is 17.8. The van der Waals surface area contributed by atoms with Gasteiger partial charge in [-0.15, -0.1) is 0 Å². The number of rotatable bonds is 17. The molecule has 12 nitrogen and oxygen atoms in total. The van der Waals surface area contributed by atoms with Gasteiger partial charge in [0.2, 0.25) is 23.6 Å². The van der Waals surface area contributed by atoms with E-state index in [0.29, 0.717) is 31.7 Å². The number of ketones is 1. The third kappa shape index (κ3) is 11.9. The van der Waals surface area contributed by atoms with E-state index in [9.17, 15) is 28.8 Å². The third-order valence-electron chi connectivity index (χ3n) is 6.81. The SMILES string of the molecule is CC(=O)CNC(=O)[C@H](CCCNC(N)=O)NC(=O)C(NC(=O)CCCCCN1C(=O)CC(C)C1C)C(C)C. The second-order valence-corrected chi connectivity index (χ2v) is 10.5. The van der Waals surface area contributed by atoms with Gasteiger partial charge < -0.3 is 31.9 Å². The second kappa shape index (κ2) is 16.6. The molecule has 0 radical (unpaired) electrons. The molecule has 0 aromatic carbocycles. The van der Waals surface area contributed by atoms with Crippen molar-refractivity contribution in [2.24, 2.45) is 17.6 Å². The van der Waals surface area contributed by atoms with Crippen molar-refractivity contribution in [3.63, 3.8) is 0 Å². The van der Waals surface area contributed by atoms with Crippen molar-refractivity contribution >= 4 is 35.4 Å². The number of carbonyl (C=O) groups is 6. The van der Waals surface area contributed by atoms with Crippen LogP contribution in [0.2, 0.25) is 0 Å². The van der Waals surface area contributed by atoms with Crippen LogP contribution in [0.4, 0.5) is 4.79 Å². The summed E-state index contributed by atoms with van der Waals surface area (Å²) in [4.78, 5) is 74.3. The number of hydrogen-bond donors (Lipinski definition) is 5. The molecule has 1 fully saturated rings. The number of nitrogens with zero attached hydrogens (tertiary/aromatic N) is 1. The molecule has 1 rings (SSSR count). The molecule has 6 amide bonds. The molecule has 6 N–H and O–H groups in total. The van der Waals surface area contributed by atoms with Crippen molar-refractivity contribution in [3.05, 3.63) is 0 Å². The van der Waals surface area contributed by atoms with E-state index in [0.717, 1.165) is 12.8 Å². The molecular weight excluding hydrogens is 492 g/mol. The van der Waals surface area contributed by atoms with Gasteiger partial charge in [-0.25, -0.2) is 4.79 Å². The van der Waals surface area contributed by atoms with E-state index in [4.69, 9.17) is 5.73 Å². The van der Waals surface area contributed by atoms with Gasteiger partial charge in [-0.1, -0.05) is 27.2 Å². The van der Waals surface area contributed by atoms with Gasteiger partial charge in [0.05, 0.1) is 6.54 Å². The maximum Gasteiger partial charge on any atom is 0.312 e. The Hall–Kier alpha value is -3.18. The van der Waals surface area contributed by atoms with Crippen molar-refractivity contribution < 1.29 is 28.8 Å². The first kappa shape index (κ1) is 32.8. The Morgan fingerprint density at radius 2 is 1.66 bits per heavy atom. The number of nitrogens with two attached hydrogens (primary N) is 1. The van der Waals surface area contributed by atoms with E-state index >= 15 is 0 Å². The van der Waals surface area contributed by atoms with Gasteiger partial charge >= 0.3 is 6.03 Å². The zero-order valence-corrected chi connectivity index (χ0v) is 23.4. The summed E-state index contributed by atoms with van der Waals surface area (Å²) in [6.07, 6.45) is 3.63. The first-order valence-corrected chi connectivity index (χ1v) is 13.5. The highest BCUT2D eigenvalue weighted by Crippen LogP contribution is 2.25. The van der Waals surface area contributed by atoms with Crippen LogP contribution in [-0.2, 0) is 24.0 Å². The molecule has 12 heteroatoms. The predicted molar refractivity (Wildman–Crippen MR) is 143 cm³/mol. The first-order valence-electron chi connectivity index (χ1n) is 13.5. The summed E-state index contributed by atoms with van der Waals surface area (Å²) in [5.41, 5.74) is 5.05. The molecule has 216 valence electrons. The van der Waals surface area contributed by atoms with Gasteiger partial charge in [0.15, 0.2) is 0 Å². The number of nitrogens with one attached hydrogen (secondary N) is 4. The van der Waals surface area contributed by atoms with Crippen LogP contribution in [0.15, 0.2) is 0 Å². The molecule has 0 aromatic rings. The van der Waals surface area contributed by atoms with Crippen molar-refractivity contribution in [3.8, 4) is 0 Å². The highest BCUT2D eigenvalue weighted by Gasteiger charge is 2.33. The van der Waals surface area contributed by atoms with Gasteiger partial charge in [-0.2, -0.15) is 0 Å². The van der Waals surface area contributed by atoms with Crippen molar-refractivity contribution in [2.75, 3.05) is 19.6 Å². The van der Waals surface area contributed by atoms with E-state index in [-0.39, 0.29) is 55.5 Å². The molecule has 4 atom stereocenters. The number of hydrogen-bond acceptors (Lipinski definition) is 6. The average molecular weight is 539 g/mol. The van der Waals surface area contributed by atoms with Crippen LogP contribution in [0.1, 0.15) is 79.6 Å². The minimum Gasteiger partial charge on any atom is -0.352 e. The van der Waals surface area contributed by atoms with Crippen LogP contribution < -0.4 is 27.0 Å². The number of urea groups is 1. The number of amides is 6. The van der Waals surface area contributed by atoms with Gasteiger partial charge in [0.25, 0.3) is 0 Å². The van der Waals surface area contributed by atoms with Crippen LogP contribution in [0.25, 0.3) is 0 Å². The minimum absolute atomic E-state index is 0.168. The zero-order valence-electron chi connectivity index (χ0n) is 23.4. The molecular formula is C26H46N6O6. The van der Waals surface area contributed by atoms with E-state index in [1.54, 1.807) is 13.8 Å². The normalized spacial score (nSPS) is 18.6. The van der Waals surface area contributed by atoms with Crippen LogP contribution >= 0.6 is 0 Å². The fraction of sp³-hybridized carbons (Fsp3) is 0.769. The van der Waals surface area contributed by atoms with Gasteiger partial charge in [-0.05, 0) is 51.4 Å². The Balaban J connectivity index is 2.58. The topological polar surface area (TPSA) is 180 Å². The third-order valence-corrected chi connectivity index (χ3v) is 6.81. The standard InChI is InChI=1S/C26H46N6O6/c1-16(2)23(31-21(34)11-7-6-8-13-32-19(5)17(3)14-22(32)35)25(37)30-20(10-9-12-28-26(27)38)24(36)29-15-18(4)33/h16-17,19-20,23H,6-15H2,1-5H3,(H,29,36)(H,30,37)(H,31,34)(H3,27,28,38)/t17?,19?,20-,23?/m0/s1. The minimum atomic E-state index is -0.951. The summed E-state index contributed by atoms with van der Waals surface area (Å²) >= 11 is 0. The monoisotopic (exact) mass is 538 g/mol. The van der Waals surface area contributed by atoms with Crippen LogP contribution in [0, 0.1) is 11.8 Å². The molecule has 1 heterocycles.